The lowest BCUT2D eigenvalue weighted by Crippen LogP contribution is -2.24. The molecule has 2 heterocycles. The summed E-state index contributed by atoms with van der Waals surface area (Å²) in [5.41, 5.74) is 3.08. The van der Waals surface area contributed by atoms with Gasteiger partial charge in [-0.25, -0.2) is 0 Å². The molecule has 5 rings (SSSR count). The van der Waals surface area contributed by atoms with Gasteiger partial charge in [0.25, 0.3) is 0 Å². The zero-order valence-corrected chi connectivity index (χ0v) is 13.7. The Morgan fingerprint density at radius 3 is 2.68 bits per heavy atom. The summed E-state index contributed by atoms with van der Waals surface area (Å²) in [6.07, 6.45) is 1.52. The van der Waals surface area contributed by atoms with E-state index in [1.807, 2.05) is 35.2 Å². The van der Waals surface area contributed by atoms with Crippen molar-refractivity contribution in [1.82, 2.24) is 0 Å². The minimum absolute atomic E-state index is 0.193. The molecule has 0 saturated carbocycles. The monoisotopic (exact) mass is 331 g/mol. The van der Waals surface area contributed by atoms with Crippen LogP contribution in [0.3, 0.4) is 0 Å². The maximum absolute atomic E-state index is 12.5. The molecule has 25 heavy (non-hydrogen) atoms. The van der Waals surface area contributed by atoms with E-state index < -0.39 is 0 Å². The summed E-state index contributed by atoms with van der Waals surface area (Å²) in [5.74, 6) is 1.71. The standard InChI is InChI=1S/C21H17NO3/c23-20-6-3-11-22(20)21-16-5-2-1-4-14(16)7-9-17(21)15-8-10-18-19(12-15)25-13-24-18/h1-2,4-5,7-10,12H,3,6,11,13H2. The second-order valence-electron chi connectivity index (χ2n) is 6.40. The highest BCUT2D eigenvalue weighted by Gasteiger charge is 2.26. The maximum Gasteiger partial charge on any atom is 0.231 e. The lowest BCUT2D eigenvalue weighted by Gasteiger charge is -2.22. The molecular formula is C21H17NO3. The zero-order valence-electron chi connectivity index (χ0n) is 13.7. The predicted octanol–water partition coefficient (Wildman–Crippen LogP) is 4.36. The fourth-order valence-corrected chi connectivity index (χ4v) is 3.73. The summed E-state index contributed by atoms with van der Waals surface area (Å²) in [4.78, 5) is 14.4. The van der Waals surface area contributed by atoms with Gasteiger partial charge in [-0.2, -0.15) is 0 Å². The Morgan fingerprint density at radius 1 is 0.920 bits per heavy atom. The second kappa shape index (κ2) is 5.52. The van der Waals surface area contributed by atoms with Crippen LogP contribution in [0, 0.1) is 0 Å². The second-order valence-corrected chi connectivity index (χ2v) is 6.40. The van der Waals surface area contributed by atoms with Gasteiger partial charge in [-0.05, 0) is 29.5 Å². The van der Waals surface area contributed by atoms with E-state index in [0.717, 1.165) is 52.1 Å². The van der Waals surface area contributed by atoms with Gasteiger partial charge < -0.3 is 14.4 Å². The Bertz CT molecular complexity index is 996. The van der Waals surface area contributed by atoms with E-state index in [1.54, 1.807) is 0 Å². The van der Waals surface area contributed by atoms with E-state index in [1.165, 1.54) is 0 Å². The molecule has 0 atom stereocenters. The van der Waals surface area contributed by atoms with Crippen LogP contribution in [-0.2, 0) is 4.79 Å². The largest absolute Gasteiger partial charge is 0.454 e. The predicted molar refractivity (Wildman–Crippen MR) is 97.1 cm³/mol. The third-order valence-corrected chi connectivity index (χ3v) is 4.93. The number of amides is 1. The van der Waals surface area contributed by atoms with Crippen molar-refractivity contribution in [3.05, 3.63) is 54.6 Å². The fourth-order valence-electron chi connectivity index (χ4n) is 3.73. The Labute approximate surface area is 145 Å². The van der Waals surface area contributed by atoms with Crippen molar-refractivity contribution in [2.24, 2.45) is 0 Å². The molecule has 4 heteroatoms. The lowest BCUT2D eigenvalue weighted by molar-refractivity contribution is -0.117. The van der Waals surface area contributed by atoms with Crippen LogP contribution in [0.15, 0.2) is 54.6 Å². The number of fused-ring (bicyclic) bond motifs is 2. The quantitative estimate of drug-likeness (QED) is 0.700. The first-order chi connectivity index (χ1) is 12.3. The smallest absolute Gasteiger partial charge is 0.231 e. The van der Waals surface area contributed by atoms with E-state index >= 15 is 0 Å². The van der Waals surface area contributed by atoms with Crippen molar-refractivity contribution in [2.45, 2.75) is 12.8 Å². The van der Waals surface area contributed by atoms with Crippen LogP contribution in [0.1, 0.15) is 12.8 Å². The van der Waals surface area contributed by atoms with Crippen molar-refractivity contribution >= 4 is 22.4 Å². The highest BCUT2D eigenvalue weighted by Crippen LogP contribution is 2.42. The fraction of sp³-hybridized carbons (Fsp3) is 0.190. The molecule has 0 aliphatic carbocycles. The zero-order chi connectivity index (χ0) is 16.8. The third kappa shape index (κ3) is 2.25. The molecule has 0 spiro atoms. The molecule has 1 amide bonds. The van der Waals surface area contributed by atoms with E-state index in [0.29, 0.717) is 6.42 Å². The van der Waals surface area contributed by atoms with E-state index in [9.17, 15) is 4.79 Å². The van der Waals surface area contributed by atoms with E-state index in [-0.39, 0.29) is 12.7 Å². The molecule has 1 saturated heterocycles. The summed E-state index contributed by atoms with van der Waals surface area (Å²) < 4.78 is 11.0. The van der Waals surface area contributed by atoms with Gasteiger partial charge in [0.1, 0.15) is 0 Å². The molecule has 0 radical (unpaired) electrons. The number of carbonyl (C=O) groups is 1. The van der Waals surface area contributed by atoms with Crippen molar-refractivity contribution < 1.29 is 14.3 Å². The van der Waals surface area contributed by atoms with Gasteiger partial charge in [0, 0.05) is 23.9 Å². The molecule has 2 aliphatic heterocycles. The van der Waals surface area contributed by atoms with E-state index in [2.05, 4.69) is 24.3 Å². The van der Waals surface area contributed by atoms with Crippen LogP contribution in [0.2, 0.25) is 0 Å². The van der Waals surface area contributed by atoms with Crippen molar-refractivity contribution in [1.29, 1.82) is 0 Å². The average molecular weight is 331 g/mol. The molecule has 124 valence electrons. The first-order valence-corrected chi connectivity index (χ1v) is 8.53. The molecule has 0 N–H and O–H groups in total. The number of nitrogens with zero attached hydrogens (tertiary/aromatic N) is 1. The van der Waals surface area contributed by atoms with Gasteiger partial charge >= 0.3 is 0 Å². The Morgan fingerprint density at radius 2 is 1.80 bits per heavy atom. The number of hydrogen-bond donors (Lipinski definition) is 0. The molecule has 3 aromatic rings. The van der Waals surface area contributed by atoms with Gasteiger partial charge in [0.15, 0.2) is 11.5 Å². The minimum Gasteiger partial charge on any atom is -0.454 e. The minimum atomic E-state index is 0.193. The Balaban J connectivity index is 1.76. The lowest BCUT2D eigenvalue weighted by atomic mass is 9.97. The number of hydrogen-bond acceptors (Lipinski definition) is 3. The summed E-state index contributed by atoms with van der Waals surface area (Å²) in [7, 11) is 0. The van der Waals surface area contributed by atoms with Crippen LogP contribution in [0.25, 0.3) is 21.9 Å². The topological polar surface area (TPSA) is 38.8 Å². The summed E-state index contributed by atoms with van der Waals surface area (Å²) in [6, 6.07) is 18.4. The van der Waals surface area contributed by atoms with Crippen LogP contribution >= 0.6 is 0 Å². The molecule has 3 aromatic carbocycles. The van der Waals surface area contributed by atoms with Gasteiger partial charge in [0.05, 0.1) is 5.69 Å². The summed E-state index contributed by atoms with van der Waals surface area (Å²) in [5, 5.41) is 2.25. The van der Waals surface area contributed by atoms with Gasteiger partial charge in [0.2, 0.25) is 12.7 Å². The molecule has 0 unspecified atom stereocenters. The van der Waals surface area contributed by atoms with Gasteiger partial charge in [-0.1, -0.05) is 42.5 Å². The van der Waals surface area contributed by atoms with Crippen LogP contribution in [-0.4, -0.2) is 19.2 Å². The third-order valence-electron chi connectivity index (χ3n) is 4.93. The number of ether oxygens (including phenoxy) is 2. The number of benzene rings is 3. The van der Waals surface area contributed by atoms with Crippen molar-refractivity contribution in [2.75, 3.05) is 18.2 Å². The van der Waals surface area contributed by atoms with Crippen LogP contribution < -0.4 is 14.4 Å². The number of carbonyl (C=O) groups excluding carboxylic acids is 1. The molecule has 0 bridgehead atoms. The van der Waals surface area contributed by atoms with Crippen molar-refractivity contribution in [3.63, 3.8) is 0 Å². The van der Waals surface area contributed by atoms with Crippen molar-refractivity contribution in [3.8, 4) is 22.6 Å². The highest BCUT2D eigenvalue weighted by atomic mass is 16.7. The van der Waals surface area contributed by atoms with Crippen LogP contribution in [0.5, 0.6) is 11.5 Å². The maximum atomic E-state index is 12.5. The molecular weight excluding hydrogens is 314 g/mol. The normalized spacial score (nSPS) is 16.0. The number of anilines is 1. The molecule has 1 fully saturated rings. The van der Waals surface area contributed by atoms with Crippen LogP contribution in [0.4, 0.5) is 5.69 Å². The van der Waals surface area contributed by atoms with Gasteiger partial charge in [-0.15, -0.1) is 0 Å². The average Bonchev–Trinajstić information content (AvgIpc) is 3.28. The molecule has 0 aromatic heterocycles. The Hall–Kier alpha value is -3.01. The number of rotatable bonds is 2. The summed E-state index contributed by atoms with van der Waals surface area (Å²) >= 11 is 0. The van der Waals surface area contributed by atoms with Gasteiger partial charge in [-0.3, -0.25) is 4.79 Å². The molecule has 4 nitrogen and oxygen atoms in total. The van der Waals surface area contributed by atoms with E-state index in [4.69, 9.17) is 9.47 Å². The first-order valence-electron chi connectivity index (χ1n) is 8.53. The molecule has 2 aliphatic rings. The first kappa shape index (κ1) is 14.3. The highest BCUT2D eigenvalue weighted by molar-refractivity contribution is 6.10. The SMILES string of the molecule is O=C1CCCN1c1c(-c2ccc3c(c2)OCO3)ccc2ccccc12. The Kier molecular flexibility index (Phi) is 3.17. The summed E-state index contributed by atoms with van der Waals surface area (Å²) in [6.45, 7) is 1.03.